The van der Waals surface area contributed by atoms with Crippen molar-refractivity contribution in [3.8, 4) is 0 Å². The van der Waals surface area contributed by atoms with Gasteiger partial charge >= 0.3 is 0 Å². The molecule has 5 rings (SSSR count). The summed E-state index contributed by atoms with van der Waals surface area (Å²) in [5.41, 5.74) is 2.64. The Morgan fingerprint density at radius 3 is 2.82 bits per heavy atom. The molecule has 2 aromatic heterocycles. The Bertz CT molecular complexity index is 1030. The van der Waals surface area contributed by atoms with Crippen molar-refractivity contribution in [2.45, 2.75) is 64.8 Å². The highest BCUT2D eigenvalue weighted by atomic mass is 16.2. The number of nitrogens with zero attached hydrogens (tertiary/aromatic N) is 6. The number of anilines is 2. The Kier molecular flexibility index (Phi) is 6.27. The molecule has 0 saturated carbocycles. The van der Waals surface area contributed by atoms with Crippen molar-refractivity contribution >= 4 is 17.7 Å². The molecule has 3 aliphatic rings. The fraction of sp³-hybridized carbons (Fsp3) is 0.640. The number of carbonyl (C=O) groups is 1. The number of aromatic nitrogens is 5. The van der Waals surface area contributed by atoms with Crippen molar-refractivity contribution in [2.24, 2.45) is 11.3 Å². The van der Waals surface area contributed by atoms with E-state index in [-0.39, 0.29) is 17.4 Å². The minimum atomic E-state index is 0.0311. The molecule has 2 N–H and O–H groups in total. The molecule has 1 spiro atoms. The standard InChI is InChI=1S/C25H36N8O/c1-4-22(34)33-14-25(15-33)9-10-32(13-25)24-29-20-8-6-5-7-19(20)23(30-24)28-18(11-17(2)3)12-21-26-16-27-31-21/h4,16-18H,1,5-15H2,2-3H3,(H,26,27,31)(H,28,29,30). The summed E-state index contributed by atoms with van der Waals surface area (Å²) in [5, 5.41) is 11.9. The van der Waals surface area contributed by atoms with E-state index in [1.807, 2.05) is 4.90 Å². The van der Waals surface area contributed by atoms with E-state index in [1.54, 1.807) is 6.33 Å². The summed E-state index contributed by atoms with van der Waals surface area (Å²) in [7, 11) is 0. The second-order valence-corrected chi connectivity index (χ2v) is 10.7. The van der Waals surface area contributed by atoms with Crippen LogP contribution in [0, 0.1) is 11.3 Å². The van der Waals surface area contributed by atoms with Crippen LogP contribution < -0.4 is 10.2 Å². The number of amides is 1. The highest BCUT2D eigenvalue weighted by Gasteiger charge is 2.49. The van der Waals surface area contributed by atoms with Gasteiger partial charge in [0.2, 0.25) is 11.9 Å². The molecule has 2 aromatic rings. The Labute approximate surface area is 201 Å². The molecule has 1 amide bonds. The molecule has 2 aliphatic heterocycles. The number of nitrogens with one attached hydrogen (secondary N) is 2. The van der Waals surface area contributed by atoms with Crippen molar-refractivity contribution in [3.05, 3.63) is 36.1 Å². The number of likely N-dealkylation sites (tertiary alicyclic amines) is 1. The predicted molar refractivity (Wildman–Crippen MR) is 132 cm³/mol. The third-order valence-corrected chi connectivity index (χ3v) is 7.44. The van der Waals surface area contributed by atoms with Gasteiger partial charge in [0.15, 0.2) is 0 Å². The highest BCUT2D eigenvalue weighted by Crippen LogP contribution is 2.41. The van der Waals surface area contributed by atoms with Crippen LogP contribution in [0.5, 0.6) is 0 Å². The Balaban J connectivity index is 1.36. The summed E-state index contributed by atoms with van der Waals surface area (Å²) >= 11 is 0. The fourth-order valence-corrected chi connectivity index (χ4v) is 5.77. The Morgan fingerprint density at radius 1 is 1.26 bits per heavy atom. The first-order valence-corrected chi connectivity index (χ1v) is 12.6. The average Bonchev–Trinajstić information content (AvgIpc) is 3.47. The molecule has 4 heterocycles. The van der Waals surface area contributed by atoms with Gasteiger partial charge in [-0.25, -0.2) is 4.98 Å². The average molecular weight is 465 g/mol. The van der Waals surface area contributed by atoms with Crippen molar-refractivity contribution in [2.75, 3.05) is 36.4 Å². The van der Waals surface area contributed by atoms with Crippen LogP contribution in [0.3, 0.4) is 0 Å². The van der Waals surface area contributed by atoms with Crippen molar-refractivity contribution in [1.82, 2.24) is 30.0 Å². The maximum atomic E-state index is 11.9. The first-order valence-electron chi connectivity index (χ1n) is 12.6. The van der Waals surface area contributed by atoms with Crippen LogP contribution in [0.4, 0.5) is 11.8 Å². The summed E-state index contributed by atoms with van der Waals surface area (Å²) < 4.78 is 0. The van der Waals surface area contributed by atoms with Gasteiger partial charge in [0.05, 0.1) is 5.69 Å². The van der Waals surface area contributed by atoms with E-state index in [4.69, 9.17) is 9.97 Å². The molecule has 182 valence electrons. The van der Waals surface area contributed by atoms with Crippen molar-refractivity contribution < 1.29 is 4.79 Å². The maximum absolute atomic E-state index is 11.9. The van der Waals surface area contributed by atoms with Gasteiger partial charge in [-0.15, -0.1) is 10.2 Å². The summed E-state index contributed by atoms with van der Waals surface area (Å²) in [5.74, 6) is 3.30. The minimum absolute atomic E-state index is 0.0311. The number of H-pyrrole nitrogens is 1. The zero-order valence-corrected chi connectivity index (χ0v) is 20.4. The summed E-state index contributed by atoms with van der Waals surface area (Å²) in [4.78, 5) is 29.4. The van der Waals surface area contributed by atoms with E-state index in [0.717, 1.165) is 75.9 Å². The van der Waals surface area contributed by atoms with Gasteiger partial charge in [0, 0.05) is 49.6 Å². The number of carbonyl (C=O) groups excluding carboxylic acids is 1. The van der Waals surface area contributed by atoms with E-state index in [1.165, 1.54) is 30.2 Å². The lowest BCUT2D eigenvalue weighted by Crippen LogP contribution is -2.59. The number of hydrogen-bond acceptors (Lipinski definition) is 7. The van der Waals surface area contributed by atoms with Crippen molar-refractivity contribution in [3.63, 3.8) is 0 Å². The summed E-state index contributed by atoms with van der Waals surface area (Å²) in [6.45, 7) is 11.6. The van der Waals surface area contributed by atoms with Gasteiger partial charge < -0.3 is 20.1 Å². The molecule has 9 heteroatoms. The van der Waals surface area contributed by atoms with E-state index in [9.17, 15) is 4.79 Å². The third-order valence-electron chi connectivity index (χ3n) is 7.44. The van der Waals surface area contributed by atoms with E-state index < -0.39 is 0 Å². The Morgan fingerprint density at radius 2 is 2.09 bits per heavy atom. The predicted octanol–water partition coefficient (Wildman–Crippen LogP) is 2.77. The lowest BCUT2D eigenvalue weighted by Gasteiger charge is -2.47. The first kappa shape index (κ1) is 22.8. The molecule has 9 nitrogen and oxygen atoms in total. The van der Waals surface area contributed by atoms with Gasteiger partial charge in [-0.1, -0.05) is 20.4 Å². The third kappa shape index (κ3) is 4.65. The summed E-state index contributed by atoms with van der Waals surface area (Å²) in [6, 6.07) is 0.219. The van der Waals surface area contributed by atoms with Crippen LogP contribution in [0.15, 0.2) is 19.0 Å². The van der Waals surface area contributed by atoms with E-state index in [2.05, 4.69) is 45.8 Å². The van der Waals surface area contributed by atoms with Gasteiger partial charge in [-0.05, 0) is 50.5 Å². The maximum Gasteiger partial charge on any atom is 0.245 e. The van der Waals surface area contributed by atoms with Gasteiger partial charge in [0.25, 0.3) is 0 Å². The first-order chi connectivity index (χ1) is 16.4. The zero-order valence-electron chi connectivity index (χ0n) is 20.4. The molecular weight excluding hydrogens is 428 g/mol. The molecule has 1 atom stereocenters. The van der Waals surface area contributed by atoms with Crippen LogP contribution in [0.2, 0.25) is 0 Å². The fourth-order valence-electron chi connectivity index (χ4n) is 5.77. The molecule has 34 heavy (non-hydrogen) atoms. The second-order valence-electron chi connectivity index (χ2n) is 10.7. The largest absolute Gasteiger partial charge is 0.366 e. The molecular formula is C25H36N8O. The van der Waals surface area contributed by atoms with Gasteiger partial charge in [-0.3, -0.25) is 4.79 Å². The van der Waals surface area contributed by atoms with Crippen LogP contribution in [-0.2, 0) is 24.1 Å². The SMILES string of the molecule is C=CC(=O)N1CC2(CCN(c3nc4c(c(NC(Cc5nnc[nH]5)CC(C)C)n3)CCCC4)C2)C1. The molecule has 0 aromatic carbocycles. The molecule has 0 bridgehead atoms. The number of fused-ring (bicyclic) bond motifs is 1. The molecule has 2 fully saturated rings. The molecule has 2 saturated heterocycles. The van der Waals surface area contributed by atoms with Gasteiger partial charge in [0.1, 0.15) is 18.0 Å². The highest BCUT2D eigenvalue weighted by molar-refractivity contribution is 5.87. The number of aryl methyl sites for hydroxylation is 1. The topological polar surface area (TPSA) is 103 Å². The minimum Gasteiger partial charge on any atom is -0.366 e. The van der Waals surface area contributed by atoms with E-state index in [0.29, 0.717) is 5.92 Å². The monoisotopic (exact) mass is 464 g/mol. The number of hydrogen-bond donors (Lipinski definition) is 2. The van der Waals surface area contributed by atoms with Crippen LogP contribution in [0.25, 0.3) is 0 Å². The molecule has 1 unspecified atom stereocenters. The van der Waals surface area contributed by atoms with Gasteiger partial charge in [-0.2, -0.15) is 4.98 Å². The Hall–Kier alpha value is -2.97. The van der Waals surface area contributed by atoms with Crippen molar-refractivity contribution in [1.29, 1.82) is 0 Å². The number of aromatic amines is 1. The number of rotatable bonds is 8. The quantitative estimate of drug-likeness (QED) is 0.579. The smallest absolute Gasteiger partial charge is 0.245 e. The molecule has 1 aliphatic carbocycles. The van der Waals surface area contributed by atoms with E-state index >= 15 is 0 Å². The normalized spacial score (nSPS) is 19.7. The lowest BCUT2D eigenvalue weighted by molar-refractivity contribution is -0.136. The summed E-state index contributed by atoms with van der Waals surface area (Å²) in [6.07, 6.45) is 10.3. The molecule has 0 radical (unpaired) electrons. The zero-order chi connectivity index (χ0) is 23.7. The second kappa shape index (κ2) is 9.35. The van der Waals surface area contributed by atoms with Crippen LogP contribution in [0.1, 0.15) is 56.6 Å². The van der Waals surface area contributed by atoms with Crippen LogP contribution in [-0.4, -0.2) is 68.2 Å². The lowest BCUT2D eigenvalue weighted by atomic mass is 9.79. The van der Waals surface area contributed by atoms with Crippen LogP contribution >= 0.6 is 0 Å².